The molecule has 7 nitrogen and oxygen atoms in total. The van der Waals surface area contributed by atoms with Crippen LogP contribution in [0, 0.1) is 0 Å². The number of likely N-dealkylation sites (tertiary alicyclic amines) is 1. The summed E-state index contributed by atoms with van der Waals surface area (Å²) in [5, 5.41) is 4.18. The number of imidazole rings is 1. The molecule has 1 aliphatic heterocycles. The number of rotatable bonds is 4. The number of aryl methyl sites for hydroxylation is 1. The van der Waals surface area contributed by atoms with E-state index in [1.807, 2.05) is 34.0 Å². The van der Waals surface area contributed by atoms with E-state index in [1.165, 1.54) is 0 Å². The largest absolute Gasteiger partial charge is 0.343 e. The van der Waals surface area contributed by atoms with Gasteiger partial charge in [0.25, 0.3) is 0 Å². The molecule has 0 saturated carbocycles. The van der Waals surface area contributed by atoms with Gasteiger partial charge in [-0.05, 0) is 18.9 Å². The minimum absolute atomic E-state index is 0.223. The quantitative estimate of drug-likeness (QED) is 0.733. The lowest BCUT2D eigenvalue weighted by Gasteiger charge is -2.32. The molecule has 0 aromatic carbocycles. The highest BCUT2D eigenvalue weighted by Crippen LogP contribution is 2.27. The highest BCUT2D eigenvalue weighted by Gasteiger charge is 2.24. The van der Waals surface area contributed by atoms with E-state index in [0.717, 1.165) is 37.3 Å². The minimum atomic E-state index is 0.223. The molecule has 24 heavy (non-hydrogen) atoms. The van der Waals surface area contributed by atoms with E-state index in [9.17, 15) is 4.79 Å². The highest BCUT2D eigenvalue weighted by atomic mass is 16.2. The van der Waals surface area contributed by atoms with Gasteiger partial charge in [0.05, 0.1) is 12.5 Å². The van der Waals surface area contributed by atoms with Gasteiger partial charge < -0.3 is 9.47 Å². The number of amides is 1. The molecule has 0 bridgehead atoms. The van der Waals surface area contributed by atoms with Crippen molar-refractivity contribution in [1.82, 2.24) is 29.0 Å². The third-order valence-electron chi connectivity index (χ3n) is 4.69. The molecule has 1 fully saturated rings. The van der Waals surface area contributed by atoms with E-state index in [-0.39, 0.29) is 5.91 Å². The van der Waals surface area contributed by atoms with Crippen LogP contribution in [0.3, 0.4) is 0 Å². The van der Waals surface area contributed by atoms with Gasteiger partial charge in [-0.2, -0.15) is 5.10 Å². The van der Waals surface area contributed by atoms with Gasteiger partial charge in [-0.25, -0.2) is 14.5 Å². The lowest BCUT2D eigenvalue weighted by molar-refractivity contribution is -0.132. The van der Waals surface area contributed by atoms with Crippen LogP contribution in [0.2, 0.25) is 0 Å². The average Bonchev–Trinajstić information content (AvgIpc) is 3.30. The zero-order valence-electron chi connectivity index (χ0n) is 13.5. The maximum atomic E-state index is 12.3. The topological polar surface area (TPSA) is 68.3 Å². The first-order valence-corrected chi connectivity index (χ1v) is 8.33. The van der Waals surface area contributed by atoms with E-state index in [0.29, 0.717) is 18.9 Å². The summed E-state index contributed by atoms with van der Waals surface area (Å²) in [6, 6.07) is 3.96. The van der Waals surface area contributed by atoms with Crippen molar-refractivity contribution in [2.75, 3.05) is 13.1 Å². The van der Waals surface area contributed by atoms with Crippen LogP contribution in [0.25, 0.3) is 5.65 Å². The molecule has 124 valence electrons. The predicted octanol–water partition coefficient (Wildman–Crippen LogP) is 1.72. The highest BCUT2D eigenvalue weighted by molar-refractivity contribution is 5.76. The van der Waals surface area contributed by atoms with Crippen LogP contribution in [0.1, 0.15) is 30.9 Å². The molecule has 0 radical (unpaired) electrons. The van der Waals surface area contributed by atoms with Gasteiger partial charge in [0.15, 0.2) is 5.65 Å². The maximum absolute atomic E-state index is 12.3. The van der Waals surface area contributed by atoms with Gasteiger partial charge in [-0.1, -0.05) is 0 Å². The van der Waals surface area contributed by atoms with E-state index >= 15 is 0 Å². The number of nitrogens with zero attached hydrogens (tertiary/aromatic N) is 6. The number of carbonyl (C=O) groups is 1. The van der Waals surface area contributed by atoms with Crippen LogP contribution in [0.15, 0.2) is 43.2 Å². The molecule has 0 unspecified atom stereocenters. The summed E-state index contributed by atoms with van der Waals surface area (Å²) in [6.07, 6.45) is 11.5. The summed E-state index contributed by atoms with van der Waals surface area (Å²) in [6.45, 7) is 2.30. The van der Waals surface area contributed by atoms with Crippen molar-refractivity contribution >= 4 is 11.6 Å². The van der Waals surface area contributed by atoms with E-state index in [2.05, 4.69) is 15.1 Å². The Morgan fingerprint density at radius 3 is 2.83 bits per heavy atom. The molecule has 1 amide bonds. The molecule has 7 heteroatoms. The van der Waals surface area contributed by atoms with Crippen LogP contribution in [0.5, 0.6) is 0 Å². The number of hydrogen-bond donors (Lipinski definition) is 0. The van der Waals surface area contributed by atoms with Crippen molar-refractivity contribution in [3.8, 4) is 0 Å². The predicted molar refractivity (Wildman–Crippen MR) is 88.4 cm³/mol. The molecule has 4 heterocycles. The second-order valence-corrected chi connectivity index (χ2v) is 6.19. The molecule has 0 aliphatic carbocycles. The fourth-order valence-corrected chi connectivity index (χ4v) is 3.28. The van der Waals surface area contributed by atoms with Gasteiger partial charge in [-0.15, -0.1) is 0 Å². The first kappa shape index (κ1) is 14.9. The second-order valence-electron chi connectivity index (χ2n) is 6.19. The molecular weight excluding hydrogens is 304 g/mol. The number of fused-ring (bicyclic) bond motifs is 1. The second kappa shape index (κ2) is 6.43. The number of aromatic nitrogens is 5. The number of carbonyl (C=O) groups excluding carboxylic acids is 1. The summed E-state index contributed by atoms with van der Waals surface area (Å²) in [7, 11) is 0. The molecule has 0 spiro atoms. The van der Waals surface area contributed by atoms with Gasteiger partial charge in [-0.3, -0.25) is 4.79 Å². The average molecular weight is 324 g/mol. The molecular formula is C17H20N6O. The lowest BCUT2D eigenvalue weighted by atomic mass is 9.93. The van der Waals surface area contributed by atoms with Crippen LogP contribution < -0.4 is 0 Å². The summed E-state index contributed by atoms with van der Waals surface area (Å²) in [4.78, 5) is 23.0. The lowest BCUT2D eigenvalue weighted by Crippen LogP contribution is -2.38. The van der Waals surface area contributed by atoms with Gasteiger partial charge in [0.2, 0.25) is 5.91 Å². The summed E-state index contributed by atoms with van der Waals surface area (Å²) in [5.41, 5.74) is 1.99. The monoisotopic (exact) mass is 324 g/mol. The first-order valence-electron chi connectivity index (χ1n) is 8.33. The van der Waals surface area contributed by atoms with Crippen molar-refractivity contribution < 1.29 is 4.79 Å². The fraction of sp³-hybridized carbons (Fsp3) is 0.412. The summed E-state index contributed by atoms with van der Waals surface area (Å²) >= 11 is 0. The van der Waals surface area contributed by atoms with Crippen LogP contribution in [0.4, 0.5) is 0 Å². The van der Waals surface area contributed by atoms with Crippen molar-refractivity contribution in [2.24, 2.45) is 0 Å². The Balaban J connectivity index is 1.33. The minimum Gasteiger partial charge on any atom is -0.343 e. The Morgan fingerprint density at radius 2 is 2.04 bits per heavy atom. The Bertz CT molecular complexity index is 817. The zero-order valence-corrected chi connectivity index (χ0v) is 13.5. The summed E-state index contributed by atoms with van der Waals surface area (Å²) in [5.74, 6) is 0.643. The van der Waals surface area contributed by atoms with Crippen LogP contribution in [-0.2, 0) is 11.3 Å². The van der Waals surface area contributed by atoms with E-state index in [1.54, 1.807) is 23.2 Å². The molecule has 0 N–H and O–H groups in total. The number of hydrogen-bond acceptors (Lipinski definition) is 4. The van der Waals surface area contributed by atoms with Crippen molar-refractivity contribution in [3.05, 3.63) is 48.9 Å². The molecule has 3 aromatic rings. The van der Waals surface area contributed by atoms with Crippen LogP contribution >= 0.6 is 0 Å². The smallest absolute Gasteiger partial charge is 0.224 e. The third kappa shape index (κ3) is 3.02. The zero-order chi connectivity index (χ0) is 16.4. The van der Waals surface area contributed by atoms with Gasteiger partial charge in [0, 0.05) is 62.3 Å². The molecule has 1 aliphatic rings. The normalized spacial score (nSPS) is 15.9. The van der Waals surface area contributed by atoms with Crippen molar-refractivity contribution in [1.29, 1.82) is 0 Å². The summed E-state index contributed by atoms with van der Waals surface area (Å²) < 4.78 is 3.72. The Kier molecular flexibility index (Phi) is 3.98. The first-order chi connectivity index (χ1) is 11.8. The Morgan fingerprint density at radius 1 is 1.17 bits per heavy atom. The molecule has 0 atom stereocenters. The van der Waals surface area contributed by atoms with Crippen molar-refractivity contribution in [2.45, 2.75) is 31.7 Å². The SMILES string of the molecule is O=C(CCn1ccnc1)N1CCC(c2ccn3nccc3n2)CC1. The van der Waals surface area contributed by atoms with Gasteiger partial charge in [0.1, 0.15) is 0 Å². The van der Waals surface area contributed by atoms with E-state index in [4.69, 9.17) is 0 Å². The Hall–Kier alpha value is -2.70. The third-order valence-corrected chi connectivity index (χ3v) is 4.69. The van der Waals surface area contributed by atoms with Crippen LogP contribution in [-0.4, -0.2) is 48.0 Å². The molecule has 3 aromatic heterocycles. The maximum Gasteiger partial charge on any atom is 0.224 e. The fourth-order valence-electron chi connectivity index (χ4n) is 3.28. The van der Waals surface area contributed by atoms with Gasteiger partial charge >= 0.3 is 0 Å². The standard InChI is InChI=1S/C17H20N6O/c24-17(5-8-21-12-7-18-13-21)22-9-2-14(3-10-22)15-4-11-23-16(20-15)1-6-19-23/h1,4,6-7,11-14H,2-3,5,8-10H2. The molecule has 4 rings (SSSR count). The Labute approximate surface area is 139 Å². The molecule has 1 saturated heterocycles. The van der Waals surface area contributed by atoms with Crippen molar-refractivity contribution in [3.63, 3.8) is 0 Å². The number of piperidine rings is 1. The van der Waals surface area contributed by atoms with E-state index < -0.39 is 0 Å².